The fourth-order valence-corrected chi connectivity index (χ4v) is 1.73. The Kier molecular flexibility index (Phi) is 3.09. The number of hydrogen-bond donors (Lipinski definition) is 1. The van der Waals surface area contributed by atoms with Gasteiger partial charge in [-0.2, -0.15) is 5.26 Å². The lowest BCUT2D eigenvalue weighted by Crippen LogP contribution is -2.42. The summed E-state index contributed by atoms with van der Waals surface area (Å²) in [7, 11) is 0. The molecule has 66 valence electrons. The van der Waals surface area contributed by atoms with E-state index in [1.807, 2.05) is 0 Å². The smallest absolute Gasteiger partial charge is 0.208 e. The van der Waals surface area contributed by atoms with Gasteiger partial charge in [0.05, 0.1) is 6.07 Å². The lowest BCUT2D eigenvalue weighted by Gasteiger charge is -2.23. The first-order chi connectivity index (χ1) is 5.83. The molecule has 12 heavy (non-hydrogen) atoms. The quantitative estimate of drug-likeness (QED) is 0.497. The van der Waals surface area contributed by atoms with E-state index in [1.54, 1.807) is 0 Å². The van der Waals surface area contributed by atoms with E-state index < -0.39 is 5.54 Å². The van der Waals surface area contributed by atoms with E-state index in [0.717, 1.165) is 25.7 Å². The van der Waals surface area contributed by atoms with E-state index in [9.17, 15) is 4.79 Å². The normalized spacial score (nSPS) is 21.9. The minimum atomic E-state index is -0.557. The zero-order chi connectivity index (χ0) is 8.86. The molecule has 0 unspecified atom stereocenters. The monoisotopic (exact) mass is 166 g/mol. The van der Waals surface area contributed by atoms with Gasteiger partial charge in [-0.15, -0.1) is 0 Å². The highest BCUT2D eigenvalue weighted by Crippen LogP contribution is 2.25. The molecule has 0 aromatic carbocycles. The molecule has 0 radical (unpaired) electrons. The van der Waals surface area contributed by atoms with Crippen molar-refractivity contribution in [3.8, 4) is 6.07 Å². The van der Waals surface area contributed by atoms with E-state index in [2.05, 4.69) is 11.4 Å². The minimum absolute atomic E-state index is 0.557. The van der Waals surface area contributed by atoms with Crippen molar-refractivity contribution < 1.29 is 4.79 Å². The second-order valence-electron chi connectivity index (χ2n) is 3.37. The van der Waals surface area contributed by atoms with Crippen LogP contribution in [-0.2, 0) is 4.79 Å². The van der Waals surface area contributed by atoms with Crippen molar-refractivity contribution in [2.24, 2.45) is 0 Å². The van der Waals surface area contributed by atoms with Gasteiger partial charge in [-0.1, -0.05) is 25.7 Å². The van der Waals surface area contributed by atoms with Crippen LogP contribution in [0.3, 0.4) is 0 Å². The molecule has 1 fully saturated rings. The van der Waals surface area contributed by atoms with Crippen LogP contribution in [0.25, 0.3) is 0 Å². The minimum Gasteiger partial charge on any atom is -0.340 e. The highest BCUT2D eigenvalue weighted by atomic mass is 16.1. The molecule has 1 N–H and O–H groups in total. The summed E-state index contributed by atoms with van der Waals surface area (Å²) in [6, 6.07) is 2.22. The molecule has 1 aliphatic carbocycles. The van der Waals surface area contributed by atoms with Gasteiger partial charge in [-0.3, -0.25) is 4.79 Å². The molecule has 0 aliphatic heterocycles. The molecule has 0 bridgehead atoms. The molecule has 1 saturated carbocycles. The highest BCUT2D eigenvalue weighted by molar-refractivity contribution is 5.49. The van der Waals surface area contributed by atoms with Gasteiger partial charge in [-0.25, -0.2) is 0 Å². The Morgan fingerprint density at radius 1 is 1.25 bits per heavy atom. The number of nitrogens with zero attached hydrogens (tertiary/aromatic N) is 1. The van der Waals surface area contributed by atoms with Crippen molar-refractivity contribution in [3.05, 3.63) is 0 Å². The number of nitrogens with one attached hydrogen (secondary N) is 1. The van der Waals surface area contributed by atoms with Crippen LogP contribution in [0, 0.1) is 11.3 Å². The summed E-state index contributed by atoms with van der Waals surface area (Å²) in [6.45, 7) is 0. The Labute approximate surface area is 72.8 Å². The average Bonchev–Trinajstić information content (AvgIpc) is 2.32. The number of carbonyl (C=O) groups is 1. The molecule has 0 saturated heterocycles. The largest absolute Gasteiger partial charge is 0.340 e. The van der Waals surface area contributed by atoms with Crippen molar-refractivity contribution >= 4 is 6.41 Å². The molecule has 3 heteroatoms. The molecule has 0 spiro atoms. The highest BCUT2D eigenvalue weighted by Gasteiger charge is 2.29. The standard InChI is InChI=1S/C9H14N2O/c10-7-9(11-8-12)5-3-1-2-4-6-9/h8H,1-6H2,(H,11,12). The predicted octanol–water partition coefficient (Wildman–Crippen LogP) is 1.35. The fraction of sp³-hybridized carbons (Fsp3) is 0.778. The maximum Gasteiger partial charge on any atom is 0.208 e. The Bertz CT molecular complexity index is 187. The lowest BCUT2D eigenvalue weighted by atomic mass is 9.92. The summed E-state index contributed by atoms with van der Waals surface area (Å²) in [6.07, 6.45) is 6.73. The van der Waals surface area contributed by atoms with Gasteiger partial charge in [-0.05, 0) is 12.8 Å². The maximum atomic E-state index is 10.3. The Hall–Kier alpha value is -1.04. The van der Waals surface area contributed by atoms with Crippen molar-refractivity contribution in [3.63, 3.8) is 0 Å². The van der Waals surface area contributed by atoms with Crippen LogP contribution in [0.15, 0.2) is 0 Å². The van der Waals surface area contributed by atoms with E-state index in [-0.39, 0.29) is 0 Å². The van der Waals surface area contributed by atoms with Crippen LogP contribution in [0.5, 0.6) is 0 Å². The summed E-state index contributed by atoms with van der Waals surface area (Å²) in [4.78, 5) is 10.3. The summed E-state index contributed by atoms with van der Waals surface area (Å²) in [5.41, 5.74) is -0.557. The van der Waals surface area contributed by atoms with Gasteiger partial charge in [0.15, 0.2) is 0 Å². The van der Waals surface area contributed by atoms with E-state index >= 15 is 0 Å². The Morgan fingerprint density at radius 2 is 1.83 bits per heavy atom. The second kappa shape index (κ2) is 4.10. The number of carbonyl (C=O) groups excluding carboxylic acids is 1. The zero-order valence-electron chi connectivity index (χ0n) is 7.18. The molecule has 3 nitrogen and oxygen atoms in total. The van der Waals surface area contributed by atoms with E-state index in [0.29, 0.717) is 6.41 Å². The number of amides is 1. The van der Waals surface area contributed by atoms with Crippen LogP contribution in [0.1, 0.15) is 38.5 Å². The maximum absolute atomic E-state index is 10.3. The average molecular weight is 166 g/mol. The molecule has 0 atom stereocenters. The van der Waals surface area contributed by atoms with Gasteiger partial charge in [0.25, 0.3) is 0 Å². The van der Waals surface area contributed by atoms with Crippen LogP contribution in [0.2, 0.25) is 0 Å². The number of hydrogen-bond acceptors (Lipinski definition) is 2. The molecule has 0 heterocycles. The molecule has 0 aromatic rings. The third-order valence-corrected chi connectivity index (χ3v) is 2.51. The summed E-state index contributed by atoms with van der Waals surface area (Å²) in [5.74, 6) is 0. The summed E-state index contributed by atoms with van der Waals surface area (Å²) < 4.78 is 0. The van der Waals surface area contributed by atoms with Crippen LogP contribution in [-0.4, -0.2) is 11.9 Å². The SMILES string of the molecule is N#CC1(NC=O)CCCCCC1. The van der Waals surface area contributed by atoms with Crippen molar-refractivity contribution in [1.29, 1.82) is 5.26 Å². The molecular formula is C9H14N2O. The van der Waals surface area contributed by atoms with Crippen molar-refractivity contribution in [2.45, 2.75) is 44.1 Å². The topological polar surface area (TPSA) is 52.9 Å². The third kappa shape index (κ3) is 1.97. The van der Waals surface area contributed by atoms with E-state index in [1.165, 1.54) is 12.8 Å². The van der Waals surface area contributed by atoms with Crippen molar-refractivity contribution in [2.75, 3.05) is 0 Å². The van der Waals surface area contributed by atoms with Gasteiger partial charge >= 0.3 is 0 Å². The first-order valence-electron chi connectivity index (χ1n) is 4.46. The van der Waals surface area contributed by atoms with Crippen LogP contribution >= 0.6 is 0 Å². The predicted molar refractivity (Wildman–Crippen MR) is 45.2 cm³/mol. The van der Waals surface area contributed by atoms with Gasteiger partial charge in [0.1, 0.15) is 5.54 Å². The second-order valence-corrected chi connectivity index (χ2v) is 3.37. The zero-order valence-corrected chi connectivity index (χ0v) is 7.18. The lowest BCUT2D eigenvalue weighted by molar-refractivity contribution is -0.110. The third-order valence-electron chi connectivity index (χ3n) is 2.51. The van der Waals surface area contributed by atoms with Gasteiger partial charge < -0.3 is 5.32 Å². The summed E-state index contributed by atoms with van der Waals surface area (Å²) in [5, 5.41) is 11.6. The van der Waals surface area contributed by atoms with Crippen molar-refractivity contribution in [1.82, 2.24) is 5.32 Å². The molecule has 1 amide bonds. The fourth-order valence-electron chi connectivity index (χ4n) is 1.73. The molecule has 1 aliphatic rings. The van der Waals surface area contributed by atoms with E-state index in [4.69, 9.17) is 5.26 Å². The van der Waals surface area contributed by atoms with Crippen LogP contribution in [0.4, 0.5) is 0 Å². The number of rotatable bonds is 2. The Balaban J connectivity index is 2.62. The number of nitriles is 1. The van der Waals surface area contributed by atoms with Gasteiger partial charge in [0, 0.05) is 0 Å². The molecule has 1 rings (SSSR count). The van der Waals surface area contributed by atoms with Crippen LogP contribution < -0.4 is 5.32 Å². The molecule has 0 aromatic heterocycles. The first kappa shape index (κ1) is 9.05. The Morgan fingerprint density at radius 3 is 2.25 bits per heavy atom. The summed E-state index contributed by atoms with van der Waals surface area (Å²) >= 11 is 0. The molecular weight excluding hydrogens is 152 g/mol. The first-order valence-corrected chi connectivity index (χ1v) is 4.46. The van der Waals surface area contributed by atoms with Gasteiger partial charge in [0.2, 0.25) is 6.41 Å².